The van der Waals surface area contributed by atoms with Crippen molar-refractivity contribution in [3.8, 4) is 0 Å². The van der Waals surface area contributed by atoms with Crippen LogP contribution in [-0.2, 0) is 0 Å². The summed E-state index contributed by atoms with van der Waals surface area (Å²) in [6, 6.07) is 0. The van der Waals surface area contributed by atoms with Crippen molar-refractivity contribution >= 4 is 0 Å². The Morgan fingerprint density at radius 3 is 2.52 bits per heavy atom. The number of hydrogen-bond acceptors (Lipinski definition) is 0. The highest BCUT2D eigenvalue weighted by atomic mass is 14.6. The Labute approximate surface area is 169 Å². The van der Waals surface area contributed by atoms with Crippen molar-refractivity contribution in [1.82, 2.24) is 0 Å². The van der Waals surface area contributed by atoms with Gasteiger partial charge in [-0.05, 0) is 85.4 Å². The summed E-state index contributed by atoms with van der Waals surface area (Å²) in [6.07, 6.45) is 21.1. The summed E-state index contributed by atoms with van der Waals surface area (Å²) in [5.74, 6) is 4.48. The molecule has 152 valence electrons. The second-order valence-electron chi connectivity index (χ2n) is 11.6. The second kappa shape index (κ2) is 7.38. The molecule has 0 bridgehead atoms. The molecule has 0 amide bonds. The fourth-order valence-electron chi connectivity index (χ4n) is 8.06. The van der Waals surface area contributed by atoms with E-state index in [1.54, 1.807) is 5.57 Å². The van der Waals surface area contributed by atoms with Crippen LogP contribution in [0.5, 0.6) is 0 Å². The van der Waals surface area contributed by atoms with Crippen molar-refractivity contribution < 1.29 is 0 Å². The molecule has 0 aromatic carbocycles. The lowest BCUT2D eigenvalue weighted by Gasteiger charge is -2.54. The molecule has 6 atom stereocenters. The highest BCUT2D eigenvalue weighted by Crippen LogP contribution is 2.66. The van der Waals surface area contributed by atoms with Crippen LogP contribution in [0.3, 0.4) is 0 Å². The Balaban J connectivity index is 1.52. The predicted molar refractivity (Wildman–Crippen MR) is 118 cm³/mol. The Kier molecular flexibility index (Phi) is 5.41. The first-order valence-corrected chi connectivity index (χ1v) is 12.3. The molecule has 4 aliphatic rings. The average Bonchev–Trinajstić information content (AvgIpc) is 2.98. The van der Waals surface area contributed by atoms with Crippen molar-refractivity contribution in [3.63, 3.8) is 0 Å². The van der Waals surface area contributed by atoms with Gasteiger partial charge in [-0.25, -0.2) is 0 Å². The molecule has 27 heavy (non-hydrogen) atoms. The lowest BCUT2D eigenvalue weighted by Crippen LogP contribution is -2.45. The quantitative estimate of drug-likeness (QED) is 0.457. The third-order valence-electron chi connectivity index (χ3n) is 9.69. The van der Waals surface area contributed by atoms with Gasteiger partial charge < -0.3 is 0 Å². The number of rotatable bonds is 5. The van der Waals surface area contributed by atoms with E-state index in [0.29, 0.717) is 10.8 Å². The standard InChI is InChI=1S/C27H44/c1-19(2)9-8-10-20(3)23-14-15-24-22-13-12-21-11-6-7-17-26(21,4)25(22)16-18-27(23,24)5/h12-13,19-20,23-25H,6-11,14-18H2,1-5H3/t20-,23-,24+,25-,26+,27-/m1/s1. The molecule has 0 aliphatic heterocycles. The molecule has 4 aliphatic carbocycles. The van der Waals surface area contributed by atoms with Crippen LogP contribution in [0.4, 0.5) is 0 Å². The van der Waals surface area contributed by atoms with E-state index < -0.39 is 0 Å². The van der Waals surface area contributed by atoms with Gasteiger partial charge in [0.1, 0.15) is 0 Å². The minimum absolute atomic E-state index is 0.505. The van der Waals surface area contributed by atoms with E-state index in [1.807, 2.05) is 5.57 Å². The van der Waals surface area contributed by atoms with Gasteiger partial charge in [-0.2, -0.15) is 0 Å². The minimum Gasteiger partial charge on any atom is -0.0637 e. The molecule has 0 heteroatoms. The first kappa shape index (κ1) is 19.8. The van der Waals surface area contributed by atoms with Gasteiger partial charge in [0, 0.05) is 0 Å². The van der Waals surface area contributed by atoms with Crippen LogP contribution >= 0.6 is 0 Å². The van der Waals surface area contributed by atoms with Gasteiger partial charge >= 0.3 is 0 Å². The molecule has 3 saturated carbocycles. The Morgan fingerprint density at radius 1 is 0.926 bits per heavy atom. The lowest BCUT2D eigenvalue weighted by molar-refractivity contribution is 0.0477. The van der Waals surface area contributed by atoms with Crippen LogP contribution in [0.2, 0.25) is 0 Å². The van der Waals surface area contributed by atoms with E-state index in [1.165, 1.54) is 70.6 Å². The summed E-state index contributed by atoms with van der Waals surface area (Å²) < 4.78 is 0. The fraction of sp³-hybridized carbons (Fsp3) is 0.852. The average molecular weight is 369 g/mol. The second-order valence-corrected chi connectivity index (χ2v) is 11.6. The summed E-state index contributed by atoms with van der Waals surface area (Å²) in [4.78, 5) is 0. The first-order chi connectivity index (χ1) is 12.9. The lowest BCUT2D eigenvalue weighted by atomic mass is 9.50. The highest BCUT2D eigenvalue weighted by molar-refractivity contribution is 5.38. The highest BCUT2D eigenvalue weighted by Gasteiger charge is 2.56. The number of allylic oxidation sites excluding steroid dienone is 4. The van der Waals surface area contributed by atoms with Crippen molar-refractivity contribution in [2.24, 2.45) is 40.4 Å². The molecular weight excluding hydrogens is 324 g/mol. The predicted octanol–water partition coefficient (Wildman–Crippen LogP) is 8.34. The minimum atomic E-state index is 0.505. The van der Waals surface area contributed by atoms with E-state index in [0.717, 1.165) is 29.6 Å². The largest absolute Gasteiger partial charge is 0.0637 e. The summed E-state index contributed by atoms with van der Waals surface area (Å²) in [5.41, 5.74) is 4.76. The molecule has 0 nitrogen and oxygen atoms in total. The summed E-state index contributed by atoms with van der Waals surface area (Å²) >= 11 is 0. The van der Waals surface area contributed by atoms with Crippen LogP contribution in [0, 0.1) is 40.4 Å². The Hall–Kier alpha value is -0.520. The van der Waals surface area contributed by atoms with E-state index in [4.69, 9.17) is 0 Å². The summed E-state index contributed by atoms with van der Waals surface area (Å²) in [6.45, 7) is 12.7. The molecule has 0 aromatic heterocycles. The van der Waals surface area contributed by atoms with Gasteiger partial charge in [-0.15, -0.1) is 0 Å². The van der Waals surface area contributed by atoms with E-state index >= 15 is 0 Å². The molecule has 0 heterocycles. The van der Waals surface area contributed by atoms with Crippen LogP contribution in [0.25, 0.3) is 0 Å². The molecule has 0 N–H and O–H groups in total. The Morgan fingerprint density at radius 2 is 1.74 bits per heavy atom. The molecule has 0 aromatic rings. The monoisotopic (exact) mass is 368 g/mol. The summed E-state index contributed by atoms with van der Waals surface area (Å²) in [7, 11) is 0. The zero-order chi connectivity index (χ0) is 19.2. The third kappa shape index (κ3) is 3.28. The number of fused-ring (bicyclic) bond motifs is 5. The SMILES string of the molecule is CC(C)CCC[C@@H](C)[C@H]1CC[C@H]2C3=CC=C4CCCC[C@]4(C)[C@@H]3CC[C@]12C. The van der Waals surface area contributed by atoms with Crippen molar-refractivity contribution in [2.75, 3.05) is 0 Å². The number of hydrogen-bond donors (Lipinski definition) is 0. The molecule has 0 spiro atoms. The van der Waals surface area contributed by atoms with E-state index in [9.17, 15) is 0 Å². The molecule has 0 saturated heterocycles. The topological polar surface area (TPSA) is 0 Å². The van der Waals surface area contributed by atoms with Gasteiger partial charge in [0.05, 0.1) is 0 Å². The molecule has 3 fully saturated rings. The molecule has 4 rings (SSSR count). The zero-order valence-electron chi connectivity index (χ0n) is 18.8. The first-order valence-electron chi connectivity index (χ1n) is 12.3. The zero-order valence-corrected chi connectivity index (χ0v) is 18.8. The van der Waals surface area contributed by atoms with Crippen molar-refractivity contribution in [1.29, 1.82) is 0 Å². The van der Waals surface area contributed by atoms with Crippen LogP contribution in [-0.4, -0.2) is 0 Å². The Bertz CT molecular complexity index is 608. The van der Waals surface area contributed by atoms with Crippen LogP contribution in [0.15, 0.2) is 23.3 Å². The van der Waals surface area contributed by atoms with Crippen LogP contribution < -0.4 is 0 Å². The van der Waals surface area contributed by atoms with Crippen molar-refractivity contribution in [3.05, 3.63) is 23.3 Å². The maximum Gasteiger partial charge on any atom is -0.00476 e. The van der Waals surface area contributed by atoms with E-state index in [-0.39, 0.29) is 0 Å². The van der Waals surface area contributed by atoms with Gasteiger partial charge in [-0.1, -0.05) is 83.6 Å². The van der Waals surface area contributed by atoms with E-state index in [2.05, 4.69) is 46.8 Å². The van der Waals surface area contributed by atoms with Gasteiger partial charge in [0.25, 0.3) is 0 Å². The maximum atomic E-state index is 2.69. The van der Waals surface area contributed by atoms with Gasteiger partial charge in [0.2, 0.25) is 0 Å². The van der Waals surface area contributed by atoms with Gasteiger partial charge in [-0.3, -0.25) is 0 Å². The molecule has 0 unspecified atom stereocenters. The van der Waals surface area contributed by atoms with Crippen LogP contribution in [0.1, 0.15) is 105 Å². The van der Waals surface area contributed by atoms with Gasteiger partial charge in [0.15, 0.2) is 0 Å². The van der Waals surface area contributed by atoms with Crippen molar-refractivity contribution in [2.45, 2.75) is 105 Å². The molecular formula is C27H44. The smallest absolute Gasteiger partial charge is 0.00476 e. The summed E-state index contributed by atoms with van der Waals surface area (Å²) in [5, 5.41) is 0. The maximum absolute atomic E-state index is 2.69. The molecule has 0 radical (unpaired) electrons. The normalized spacial score (nSPS) is 42.1. The fourth-order valence-corrected chi connectivity index (χ4v) is 8.06. The third-order valence-corrected chi connectivity index (χ3v) is 9.69.